The Kier molecular flexibility index (Phi) is 2.04. The molecule has 2 nitrogen and oxygen atoms in total. The Morgan fingerprint density at radius 3 is 2.93 bits per heavy atom. The molecule has 2 rings (SSSR count). The van der Waals surface area contributed by atoms with E-state index in [9.17, 15) is 0 Å². The summed E-state index contributed by atoms with van der Waals surface area (Å²) in [6, 6.07) is 3.67. The molecule has 3 heteroatoms. The minimum atomic E-state index is -0.364. The summed E-state index contributed by atoms with van der Waals surface area (Å²) in [6.07, 6.45) is 0.854. The predicted octanol–water partition coefficient (Wildman–Crippen LogP) is 3.36. The average molecular weight is 210 g/mol. The fourth-order valence-electron chi connectivity index (χ4n) is 1.68. The second-order valence-corrected chi connectivity index (χ2v) is 4.03. The maximum absolute atomic E-state index is 5.86. The van der Waals surface area contributed by atoms with E-state index in [1.807, 2.05) is 13.0 Å². The normalized spacial score (nSPS) is 24.6. The van der Waals surface area contributed by atoms with Gasteiger partial charge in [-0.25, -0.2) is 4.98 Å². The van der Waals surface area contributed by atoms with Crippen molar-refractivity contribution >= 4 is 17.4 Å². The van der Waals surface area contributed by atoms with E-state index in [1.54, 1.807) is 6.07 Å². The van der Waals surface area contributed by atoms with Crippen molar-refractivity contribution in [2.24, 2.45) is 0 Å². The quantitative estimate of drug-likeness (QED) is 0.662. The molecule has 1 aromatic heterocycles. The van der Waals surface area contributed by atoms with Crippen molar-refractivity contribution in [3.63, 3.8) is 0 Å². The Bertz CT molecular complexity index is 402. The highest BCUT2D eigenvalue weighted by molar-refractivity contribution is 6.29. The maximum atomic E-state index is 5.86. The van der Waals surface area contributed by atoms with Gasteiger partial charge in [-0.1, -0.05) is 25.1 Å². The third-order valence-corrected chi connectivity index (χ3v) is 2.90. The molecule has 2 heterocycles. The predicted molar refractivity (Wildman–Crippen MR) is 57.0 cm³/mol. The second-order valence-electron chi connectivity index (χ2n) is 3.64. The fourth-order valence-corrected chi connectivity index (χ4v) is 1.83. The van der Waals surface area contributed by atoms with Crippen molar-refractivity contribution in [1.82, 2.24) is 4.98 Å². The van der Waals surface area contributed by atoms with Crippen molar-refractivity contribution in [3.8, 4) is 0 Å². The second kappa shape index (κ2) is 2.99. The number of halogens is 1. The number of ether oxygens (including phenoxy) is 1. The van der Waals surface area contributed by atoms with Crippen LogP contribution in [-0.2, 0) is 10.3 Å². The van der Waals surface area contributed by atoms with E-state index in [2.05, 4.69) is 18.5 Å². The maximum Gasteiger partial charge on any atom is 0.148 e. The van der Waals surface area contributed by atoms with Crippen LogP contribution >= 0.6 is 11.6 Å². The Morgan fingerprint density at radius 1 is 1.57 bits per heavy atom. The molecule has 0 amide bonds. The van der Waals surface area contributed by atoms with Crippen molar-refractivity contribution in [3.05, 3.63) is 35.1 Å². The number of fused-ring (bicyclic) bond motifs is 1. The fraction of sp³-hybridized carbons (Fsp3) is 0.364. The van der Waals surface area contributed by atoms with E-state index in [1.165, 1.54) is 0 Å². The van der Waals surface area contributed by atoms with Gasteiger partial charge in [0, 0.05) is 5.56 Å². The van der Waals surface area contributed by atoms with Crippen molar-refractivity contribution < 1.29 is 4.74 Å². The largest absolute Gasteiger partial charge is 0.481 e. The van der Waals surface area contributed by atoms with Crippen LogP contribution in [0.5, 0.6) is 0 Å². The van der Waals surface area contributed by atoms with Crippen LogP contribution in [0.15, 0.2) is 18.7 Å². The van der Waals surface area contributed by atoms with E-state index in [0.29, 0.717) is 10.9 Å². The number of nitrogens with zero attached hydrogens (tertiary/aromatic N) is 1. The van der Waals surface area contributed by atoms with Crippen molar-refractivity contribution in [2.75, 3.05) is 0 Å². The molecule has 14 heavy (non-hydrogen) atoms. The van der Waals surface area contributed by atoms with Crippen LogP contribution in [0.25, 0.3) is 5.76 Å². The molecule has 1 aliphatic rings. The molecule has 0 bridgehead atoms. The first-order chi connectivity index (χ1) is 6.57. The molecular formula is C11H12ClNO. The van der Waals surface area contributed by atoms with Gasteiger partial charge in [-0.15, -0.1) is 0 Å². The smallest absolute Gasteiger partial charge is 0.148 e. The van der Waals surface area contributed by atoms with Gasteiger partial charge in [0.1, 0.15) is 16.5 Å². The summed E-state index contributed by atoms with van der Waals surface area (Å²) in [7, 11) is 0. The first kappa shape index (κ1) is 9.53. The third kappa shape index (κ3) is 1.22. The SMILES string of the molecule is C=C1O[C@](C)(CC)c2nc(Cl)ccc21. The van der Waals surface area contributed by atoms with Gasteiger partial charge in [-0.3, -0.25) is 0 Å². The highest BCUT2D eigenvalue weighted by Gasteiger charge is 2.38. The number of rotatable bonds is 1. The van der Waals surface area contributed by atoms with E-state index < -0.39 is 0 Å². The first-order valence-corrected chi connectivity index (χ1v) is 5.00. The zero-order chi connectivity index (χ0) is 10.3. The average Bonchev–Trinajstić information content (AvgIpc) is 2.40. The van der Waals surface area contributed by atoms with Crippen molar-refractivity contribution in [1.29, 1.82) is 0 Å². The third-order valence-electron chi connectivity index (χ3n) is 2.69. The minimum absolute atomic E-state index is 0.364. The molecule has 0 saturated carbocycles. The molecule has 1 atom stereocenters. The lowest BCUT2D eigenvalue weighted by Gasteiger charge is -2.21. The van der Waals surface area contributed by atoms with Gasteiger partial charge >= 0.3 is 0 Å². The van der Waals surface area contributed by atoms with Crippen LogP contribution in [0.2, 0.25) is 5.15 Å². The number of pyridine rings is 1. The number of hydrogen-bond acceptors (Lipinski definition) is 2. The molecule has 74 valence electrons. The van der Waals surface area contributed by atoms with Crippen LogP contribution < -0.4 is 0 Å². The lowest BCUT2D eigenvalue weighted by atomic mass is 9.97. The highest BCUT2D eigenvalue weighted by atomic mass is 35.5. The molecule has 0 aromatic carbocycles. The van der Waals surface area contributed by atoms with Crippen LogP contribution in [0.4, 0.5) is 0 Å². The van der Waals surface area contributed by atoms with Crippen LogP contribution in [-0.4, -0.2) is 4.98 Å². The summed E-state index contributed by atoms with van der Waals surface area (Å²) >= 11 is 5.86. The van der Waals surface area contributed by atoms with Gasteiger partial charge in [0.2, 0.25) is 0 Å². The molecule has 0 unspecified atom stereocenters. The molecule has 1 aromatic rings. The van der Waals surface area contributed by atoms with Crippen LogP contribution in [0.3, 0.4) is 0 Å². The first-order valence-electron chi connectivity index (χ1n) is 4.62. The standard InChI is InChI=1S/C11H12ClNO/c1-4-11(3)10-8(7(2)14-11)5-6-9(12)13-10/h5-6H,2,4H2,1,3H3/t11-/m1/s1. The molecular weight excluding hydrogens is 198 g/mol. The molecule has 0 radical (unpaired) electrons. The zero-order valence-corrected chi connectivity index (χ0v) is 9.06. The van der Waals surface area contributed by atoms with E-state index >= 15 is 0 Å². The lowest BCUT2D eigenvalue weighted by Crippen LogP contribution is -2.20. The summed E-state index contributed by atoms with van der Waals surface area (Å²) in [5.74, 6) is 0.688. The summed E-state index contributed by atoms with van der Waals surface area (Å²) in [5.41, 5.74) is 1.51. The molecule has 0 fully saturated rings. The zero-order valence-electron chi connectivity index (χ0n) is 8.30. The van der Waals surface area contributed by atoms with Gasteiger partial charge < -0.3 is 4.74 Å². The van der Waals surface area contributed by atoms with E-state index in [0.717, 1.165) is 17.7 Å². The van der Waals surface area contributed by atoms with Gasteiger partial charge in [-0.05, 0) is 25.5 Å². The van der Waals surface area contributed by atoms with Gasteiger partial charge in [0.25, 0.3) is 0 Å². The lowest BCUT2D eigenvalue weighted by molar-refractivity contribution is 0.0646. The highest BCUT2D eigenvalue weighted by Crippen LogP contribution is 2.43. The van der Waals surface area contributed by atoms with Gasteiger partial charge in [-0.2, -0.15) is 0 Å². The van der Waals surface area contributed by atoms with E-state index in [4.69, 9.17) is 16.3 Å². The van der Waals surface area contributed by atoms with E-state index in [-0.39, 0.29) is 5.60 Å². The van der Waals surface area contributed by atoms with Crippen LogP contribution in [0, 0.1) is 0 Å². The molecule has 0 N–H and O–H groups in total. The molecule has 1 aliphatic heterocycles. The Morgan fingerprint density at radius 2 is 2.29 bits per heavy atom. The summed E-state index contributed by atoms with van der Waals surface area (Å²) in [4.78, 5) is 4.31. The Hall–Kier alpha value is -1.02. The number of aromatic nitrogens is 1. The Labute approximate surface area is 88.6 Å². The minimum Gasteiger partial charge on any atom is -0.481 e. The summed E-state index contributed by atoms with van der Waals surface area (Å²) < 4.78 is 5.71. The molecule has 0 spiro atoms. The molecule has 0 aliphatic carbocycles. The van der Waals surface area contributed by atoms with Gasteiger partial charge in [0.05, 0.1) is 5.69 Å². The topological polar surface area (TPSA) is 22.1 Å². The number of hydrogen-bond donors (Lipinski definition) is 0. The monoisotopic (exact) mass is 209 g/mol. The Balaban J connectivity index is 2.62. The summed E-state index contributed by atoms with van der Waals surface area (Å²) in [6.45, 7) is 7.93. The van der Waals surface area contributed by atoms with Crippen LogP contribution in [0.1, 0.15) is 31.5 Å². The van der Waals surface area contributed by atoms with Crippen molar-refractivity contribution in [2.45, 2.75) is 25.9 Å². The summed E-state index contributed by atoms with van der Waals surface area (Å²) in [5, 5.41) is 0.502. The van der Waals surface area contributed by atoms with Gasteiger partial charge in [0.15, 0.2) is 0 Å². The molecule has 0 saturated heterocycles.